The van der Waals surface area contributed by atoms with Crippen LogP contribution in [0.1, 0.15) is 23.4 Å². The lowest BCUT2D eigenvalue weighted by atomic mass is 10.0. The quantitative estimate of drug-likeness (QED) is 0.829. The van der Waals surface area contributed by atoms with Gasteiger partial charge < -0.3 is 10.2 Å². The molecule has 3 rings (SSSR count). The number of benzene rings is 2. The van der Waals surface area contributed by atoms with Crippen molar-refractivity contribution < 1.29 is 6.17 Å². The number of amides is 1. The third-order valence-electron chi connectivity index (χ3n) is 3.12. The van der Waals surface area contributed by atoms with Gasteiger partial charge >= 0.3 is 0 Å². The van der Waals surface area contributed by atoms with Gasteiger partial charge in [0.25, 0.3) is 5.91 Å². The van der Waals surface area contributed by atoms with Crippen molar-refractivity contribution in [1.29, 1.82) is 0 Å². The first-order chi connectivity index (χ1) is 9.13. The second-order valence-corrected chi connectivity index (χ2v) is 4.24. The number of anilines is 1. The molecule has 0 spiro atoms. The molecule has 1 atom stereocenters. The van der Waals surface area contributed by atoms with Crippen LogP contribution in [0.2, 0.25) is 0 Å². The summed E-state index contributed by atoms with van der Waals surface area (Å²) in [5, 5.41) is 2.77. The number of hydrogen-bond acceptors (Lipinski definition) is 2. The van der Waals surface area contributed by atoms with Crippen LogP contribution in [0.15, 0.2) is 54.6 Å². The van der Waals surface area contributed by atoms with E-state index >= 15 is 0 Å². The molecule has 3 heteroatoms. The zero-order valence-electron chi connectivity index (χ0n) is 11.1. The molecule has 0 fully saturated rings. The largest absolute Gasteiger partial charge is 0.350 e. The molecule has 2 aromatic rings. The first-order valence-corrected chi connectivity index (χ1v) is 5.84. The highest BCUT2D eigenvalue weighted by atomic mass is 16.2. The molecule has 1 unspecified atom stereocenters. The summed E-state index contributed by atoms with van der Waals surface area (Å²) < 4.78 is 8.62. The fourth-order valence-corrected chi connectivity index (χ4v) is 2.20. The zero-order valence-corrected chi connectivity index (χ0v) is 10.1. The summed E-state index contributed by atoms with van der Waals surface area (Å²) in [7, 11) is 1.82. The normalized spacial score (nSPS) is 23.1. The van der Waals surface area contributed by atoms with E-state index < -0.39 is 6.14 Å². The van der Waals surface area contributed by atoms with Crippen molar-refractivity contribution in [3.8, 4) is 0 Å². The van der Waals surface area contributed by atoms with Crippen molar-refractivity contribution >= 4 is 11.6 Å². The van der Waals surface area contributed by atoms with E-state index in [1.165, 1.54) is 0 Å². The number of carbonyl (C=O) groups is 1. The zero-order chi connectivity index (χ0) is 13.5. The van der Waals surface area contributed by atoms with Crippen molar-refractivity contribution in [2.75, 3.05) is 11.9 Å². The van der Waals surface area contributed by atoms with Crippen LogP contribution in [0.25, 0.3) is 0 Å². The topological polar surface area (TPSA) is 32.3 Å². The molecule has 90 valence electrons. The van der Waals surface area contributed by atoms with Gasteiger partial charge in [0.1, 0.15) is 6.14 Å². The molecule has 18 heavy (non-hydrogen) atoms. The van der Waals surface area contributed by atoms with Gasteiger partial charge in [-0.3, -0.25) is 4.79 Å². The van der Waals surface area contributed by atoms with Crippen LogP contribution in [0, 0.1) is 0 Å². The molecule has 1 N–H and O–H groups in total. The minimum Gasteiger partial charge on any atom is -0.350 e. The van der Waals surface area contributed by atoms with Crippen molar-refractivity contribution in [2.45, 2.75) is 6.14 Å². The summed E-state index contributed by atoms with van der Waals surface area (Å²) in [6, 6.07) is 16.6. The number of carbonyl (C=O) groups excluding carboxylic acids is 1. The fourth-order valence-electron chi connectivity index (χ4n) is 2.20. The molecule has 3 nitrogen and oxygen atoms in total. The number of hydrogen-bond donors (Lipinski definition) is 1. The van der Waals surface area contributed by atoms with E-state index in [1.807, 2.05) is 55.6 Å². The predicted molar refractivity (Wildman–Crippen MR) is 71.5 cm³/mol. The summed E-state index contributed by atoms with van der Waals surface area (Å²) in [5.41, 5.74) is 2.11. The number of rotatable bonds is 1. The van der Waals surface area contributed by atoms with Crippen LogP contribution in [0.3, 0.4) is 0 Å². The number of nitrogens with one attached hydrogen (secondary N) is 1. The van der Waals surface area contributed by atoms with Crippen molar-refractivity contribution in [1.82, 2.24) is 5.32 Å². The van der Waals surface area contributed by atoms with Gasteiger partial charge in [0.05, 0.1) is 12.6 Å². The molecule has 2 aromatic carbocycles. The molecule has 0 saturated heterocycles. The van der Waals surface area contributed by atoms with Crippen LogP contribution in [-0.2, 0) is 0 Å². The van der Waals surface area contributed by atoms with E-state index in [-0.39, 0.29) is 5.91 Å². The molecule has 0 aromatic heterocycles. The lowest BCUT2D eigenvalue weighted by molar-refractivity contribution is 0.0928. The highest BCUT2D eigenvalue weighted by Crippen LogP contribution is 2.31. The Balaban J connectivity index is 2.14. The van der Waals surface area contributed by atoms with Crippen molar-refractivity contribution in [3.63, 3.8) is 0 Å². The van der Waals surface area contributed by atoms with E-state index in [4.69, 9.17) is 1.37 Å². The maximum Gasteiger partial charge on any atom is 0.255 e. The molecular formula is C15H14N2O. The van der Waals surface area contributed by atoms with Crippen LogP contribution in [-0.4, -0.2) is 13.0 Å². The molecule has 1 amide bonds. The maximum absolute atomic E-state index is 12.2. The lowest BCUT2D eigenvalue weighted by Crippen LogP contribution is -2.44. The minimum atomic E-state index is -1.27. The van der Waals surface area contributed by atoms with Crippen LogP contribution < -0.4 is 10.2 Å². The summed E-state index contributed by atoms with van der Waals surface area (Å²) in [5.74, 6) is -0.215. The van der Waals surface area contributed by atoms with Gasteiger partial charge in [0, 0.05) is 7.05 Å². The Morgan fingerprint density at radius 1 is 1.11 bits per heavy atom. The molecular weight excluding hydrogens is 224 g/mol. The standard InChI is InChI=1S/C15H14N2O/c1-17-13-10-6-5-9-12(13)15(18)16-14(17)11-7-3-2-4-8-11/h2-10,14H,1H3,(H,16,18)/i14D. The summed E-state index contributed by atoms with van der Waals surface area (Å²) in [4.78, 5) is 13.9. The Morgan fingerprint density at radius 2 is 1.78 bits per heavy atom. The van der Waals surface area contributed by atoms with Gasteiger partial charge in [-0.25, -0.2) is 0 Å². The summed E-state index contributed by atoms with van der Waals surface area (Å²) in [6.07, 6.45) is -1.27. The number of para-hydroxylation sites is 1. The van der Waals surface area contributed by atoms with E-state index in [9.17, 15) is 4.79 Å². The molecule has 1 heterocycles. The maximum atomic E-state index is 12.2. The first kappa shape index (κ1) is 9.71. The lowest BCUT2D eigenvalue weighted by Gasteiger charge is -2.36. The van der Waals surface area contributed by atoms with Gasteiger partial charge in [-0.1, -0.05) is 42.5 Å². The third-order valence-corrected chi connectivity index (χ3v) is 3.12. The number of fused-ring (bicyclic) bond motifs is 1. The second kappa shape index (κ2) is 4.18. The van der Waals surface area contributed by atoms with Gasteiger partial charge in [0.15, 0.2) is 0 Å². The van der Waals surface area contributed by atoms with E-state index in [0.717, 1.165) is 11.3 Å². The molecule has 1 aliphatic rings. The highest BCUT2D eigenvalue weighted by molar-refractivity contribution is 6.01. The molecule has 0 aliphatic carbocycles. The van der Waals surface area contributed by atoms with Crippen LogP contribution in [0.5, 0.6) is 0 Å². The molecule has 0 radical (unpaired) electrons. The van der Waals surface area contributed by atoms with Gasteiger partial charge in [-0.2, -0.15) is 0 Å². The Morgan fingerprint density at radius 3 is 2.56 bits per heavy atom. The van der Waals surface area contributed by atoms with Gasteiger partial charge in [-0.15, -0.1) is 0 Å². The first-order valence-electron chi connectivity index (χ1n) is 6.34. The summed E-state index contributed by atoms with van der Waals surface area (Å²) >= 11 is 0. The smallest absolute Gasteiger partial charge is 0.255 e. The Kier molecular flexibility index (Phi) is 2.26. The van der Waals surface area contributed by atoms with E-state index in [0.29, 0.717) is 5.56 Å². The van der Waals surface area contributed by atoms with Crippen LogP contribution >= 0.6 is 0 Å². The second-order valence-electron chi connectivity index (χ2n) is 4.24. The monoisotopic (exact) mass is 239 g/mol. The minimum absolute atomic E-state index is 0.215. The average Bonchev–Trinajstić information content (AvgIpc) is 2.46. The third kappa shape index (κ3) is 1.64. The van der Waals surface area contributed by atoms with Gasteiger partial charge in [0.2, 0.25) is 0 Å². The Hall–Kier alpha value is -2.29. The highest BCUT2D eigenvalue weighted by Gasteiger charge is 2.28. The fraction of sp³-hybridized carbons (Fsp3) is 0.133. The van der Waals surface area contributed by atoms with Crippen molar-refractivity contribution in [3.05, 3.63) is 65.7 Å². The molecule has 0 saturated carbocycles. The summed E-state index contributed by atoms with van der Waals surface area (Å²) in [6.45, 7) is 0. The van der Waals surface area contributed by atoms with E-state index in [1.54, 1.807) is 11.0 Å². The predicted octanol–water partition coefficient (Wildman–Crippen LogP) is 2.57. The van der Waals surface area contributed by atoms with Gasteiger partial charge in [-0.05, 0) is 17.7 Å². The van der Waals surface area contributed by atoms with E-state index in [2.05, 4.69) is 5.32 Å². The average molecular weight is 239 g/mol. The molecule has 1 aliphatic heterocycles. The molecule has 0 bridgehead atoms. The SMILES string of the molecule is [2H]C1(c2ccccc2)NC(=O)c2ccccc2N1C. The Labute approximate surface area is 107 Å². The number of nitrogens with zero attached hydrogens (tertiary/aromatic N) is 1. The Bertz CT molecular complexity index is 629. The van der Waals surface area contributed by atoms with Crippen LogP contribution in [0.4, 0.5) is 5.69 Å². The van der Waals surface area contributed by atoms with Crippen molar-refractivity contribution in [2.24, 2.45) is 0 Å².